The minimum Gasteiger partial charge on any atom is -0.457 e. The maximum atomic E-state index is 12.2. The summed E-state index contributed by atoms with van der Waals surface area (Å²) in [7, 11) is 0. The Bertz CT molecular complexity index is 581. The number of esters is 1. The zero-order chi connectivity index (χ0) is 18.1. The highest BCUT2D eigenvalue weighted by molar-refractivity contribution is 5.86. The summed E-state index contributed by atoms with van der Waals surface area (Å²) in [4.78, 5) is 12.2. The van der Waals surface area contributed by atoms with Crippen LogP contribution in [0.3, 0.4) is 0 Å². The van der Waals surface area contributed by atoms with Crippen LogP contribution in [0.4, 0.5) is 0 Å². The standard InChI is InChI=1S/C20H26O5/c1-3-13-24-19(22)18-14-17(15-9-6-5-7-10-15)16(11-8-12-21)20(25-18)23-4-2/h3,5-7,9-10,14,16-17,20-21H,1,4,8,11-13H2,2H3/t16-,17-,20+/m0/s1. The number of rotatable bonds is 9. The van der Waals surface area contributed by atoms with Crippen LogP contribution in [0, 0.1) is 5.92 Å². The SMILES string of the molecule is C=CCOC(=O)C1=C[C@@H](c2ccccc2)[C@H](CCCO)[C@H](OCC)O1. The molecular weight excluding hydrogens is 320 g/mol. The molecule has 0 radical (unpaired) electrons. The summed E-state index contributed by atoms with van der Waals surface area (Å²) < 4.78 is 16.7. The number of carbonyl (C=O) groups is 1. The zero-order valence-corrected chi connectivity index (χ0v) is 14.6. The highest BCUT2D eigenvalue weighted by Gasteiger charge is 2.38. The van der Waals surface area contributed by atoms with Gasteiger partial charge in [0.05, 0.1) is 0 Å². The van der Waals surface area contributed by atoms with E-state index >= 15 is 0 Å². The van der Waals surface area contributed by atoms with E-state index in [1.807, 2.05) is 37.3 Å². The summed E-state index contributed by atoms with van der Waals surface area (Å²) >= 11 is 0. The molecule has 0 spiro atoms. The van der Waals surface area contributed by atoms with Gasteiger partial charge in [0.1, 0.15) is 6.61 Å². The molecule has 25 heavy (non-hydrogen) atoms. The Kier molecular flexibility index (Phi) is 7.70. The van der Waals surface area contributed by atoms with E-state index in [1.165, 1.54) is 6.08 Å². The molecule has 0 amide bonds. The van der Waals surface area contributed by atoms with E-state index in [1.54, 1.807) is 6.08 Å². The molecule has 0 aliphatic carbocycles. The van der Waals surface area contributed by atoms with Crippen LogP contribution >= 0.6 is 0 Å². The summed E-state index contributed by atoms with van der Waals surface area (Å²) in [5.41, 5.74) is 1.08. The predicted octanol–water partition coefficient (Wildman–Crippen LogP) is 3.16. The third-order valence-corrected chi connectivity index (χ3v) is 4.13. The molecule has 1 aromatic carbocycles. The molecular formula is C20H26O5. The Balaban J connectivity index is 2.34. The van der Waals surface area contributed by atoms with Crippen LogP contribution in [-0.4, -0.2) is 37.2 Å². The lowest BCUT2D eigenvalue weighted by atomic mass is 9.80. The van der Waals surface area contributed by atoms with E-state index in [2.05, 4.69) is 6.58 Å². The Labute approximate surface area is 148 Å². The molecule has 0 unspecified atom stereocenters. The van der Waals surface area contributed by atoms with E-state index in [0.717, 1.165) is 12.0 Å². The van der Waals surface area contributed by atoms with Gasteiger partial charge in [-0.25, -0.2) is 4.79 Å². The van der Waals surface area contributed by atoms with Gasteiger partial charge in [0.25, 0.3) is 0 Å². The quantitative estimate of drug-likeness (QED) is 0.550. The van der Waals surface area contributed by atoms with Crippen LogP contribution in [-0.2, 0) is 19.0 Å². The molecule has 1 aliphatic rings. The number of allylic oxidation sites excluding steroid dienone is 1. The minimum atomic E-state index is -0.557. The van der Waals surface area contributed by atoms with Crippen LogP contribution in [0.2, 0.25) is 0 Å². The lowest BCUT2D eigenvalue weighted by Crippen LogP contribution is -2.36. The van der Waals surface area contributed by atoms with Crippen LogP contribution in [0.1, 0.15) is 31.2 Å². The van der Waals surface area contributed by atoms with Crippen LogP contribution in [0.5, 0.6) is 0 Å². The Morgan fingerprint density at radius 3 is 2.76 bits per heavy atom. The van der Waals surface area contributed by atoms with Crippen LogP contribution in [0.15, 0.2) is 54.8 Å². The zero-order valence-electron chi connectivity index (χ0n) is 14.6. The molecule has 5 nitrogen and oxygen atoms in total. The number of hydrogen-bond donors (Lipinski definition) is 1. The van der Waals surface area contributed by atoms with Gasteiger partial charge >= 0.3 is 5.97 Å². The largest absolute Gasteiger partial charge is 0.457 e. The average molecular weight is 346 g/mol. The summed E-state index contributed by atoms with van der Waals surface area (Å²) in [6.07, 6.45) is 4.13. The summed E-state index contributed by atoms with van der Waals surface area (Å²) in [6.45, 7) is 6.13. The fourth-order valence-electron chi connectivity index (χ4n) is 3.01. The first-order valence-electron chi connectivity index (χ1n) is 8.65. The van der Waals surface area contributed by atoms with Crippen molar-refractivity contribution < 1.29 is 24.1 Å². The second kappa shape index (κ2) is 10.0. The van der Waals surface area contributed by atoms with Gasteiger partial charge in [0, 0.05) is 25.0 Å². The van der Waals surface area contributed by atoms with Crippen LogP contribution < -0.4 is 0 Å². The van der Waals surface area contributed by atoms with E-state index in [0.29, 0.717) is 13.0 Å². The monoisotopic (exact) mass is 346 g/mol. The summed E-state index contributed by atoms with van der Waals surface area (Å²) in [5.74, 6) is -0.407. The second-order valence-corrected chi connectivity index (χ2v) is 5.83. The van der Waals surface area contributed by atoms with Gasteiger partial charge in [-0.1, -0.05) is 43.0 Å². The molecule has 3 atom stereocenters. The first-order valence-corrected chi connectivity index (χ1v) is 8.65. The molecule has 2 rings (SSSR count). The lowest BCUT2D eigenvalue weighted by molar-refractivity contribution is -0.175. The molecule has 5 heteroatoms. The third-order valence-electron chi connectivity index (χ3n) is 4.13. The molecule has 136 valence electrons. The van der Waals surface area contributed by atoms with Crippen LogP contribution in [0.25, 0.3) is 0 Å². The molecule has 0 aromatic heterocycles. The average Bonchev–Trinajstić information content (AvgIpc) is 2.65. The minimum absolute atomic E-state index is 0.00505. The van der Waals surface area contributed by atoms with Crippen molar-refractivity contribution in [1.29, 1.82) is 0 Å². The molecule has 0 bridgehead atoms. The van der Waals surface area contributed by atoms with Crippen molar-refractivity contribution in [1.82, 2.24) is 0 Å². The van der Waals surface area contributed by atoms with E-state index in [9.17, 15) is 9.90 Å². The van der Waals surface area contributed by atoms with Crippen molar-refractivity contribution in [2.75, 3.05) is 19.8 Å². The lowest BCUT2D eigenvalue weighted by Gasteiger charge is -2.36. The molecule has 0 fully saturated rings. The fourth-order valence-corrected chi connectivity index (χ4v) is 3.01. The molecule has 0 saturated heterocycles. The van der Waals surface area contributed by atoms with E-state index < -0.39 is 12.3 Å². The molecule has 1 N–H and O–H groups in total. The number of aliphatic hydroxyl groups is 1. The molecule has 0 saturated carbocycles. The van der Waals surface area contributed by atoms with Crippen molar-refractivity contribution in [3.63, 3.8) is 0 Å². The van der Waals surface area contributed by atoms with Gasteiger partial charge in [-0.3, -0.25) is 0 Å². The number of benzene rings is 1. The van der Waals surface area contributed by atoms with Crippen molar-refractivity contribution in [2.45, 2.75) is 32.0 Å². The third kappa shape index (κ3) is 5.18. The van der Waals surface area contributed by atoms with Crippen molar-refractivity contribution in [3.8, 4) is 0 Å². The number of carbonyl (C=O) groups excluding carboxylic acids is 1. The topological polar surface area (TPSA) is 65.0 Å². The highest BCUT2D eigenvalue weighted by atomic mass is 16.7. The van der Waals surface area contributed by atoms with Gasteiger partial charge in [0.15, 0.2) is 0 Å². The normalized spacial score (nSPS) is 22.6. The fraction of sp³-hybridized carbons (Fsp3) is 0.450. The Morgan fingerprint density at radius 1 is 1.36 bits per heavy atom. The predicted molar refractivity (Wildman–Crippen MR) is 94.7 cm³/mol. The van der Waals surface area contributed by atoms with E-state index in [4.69, 9.17) is 14.2 Å². The smallest absolute Gasteiger partial charge is 0.373 e. The summed E-state index contributed by atoms with van der Waals surface area (Å²) in [5, 5.41) is 9.23. The second-order valence-electron chi connectivity index (χ2n) is 5.83. The Morgan fingerprint density at radius 2 is 2.12 bits per heavy atom. The number of hydrogen-bond acceptors (Lipinski definition) is 5. The number of ether oxygens (including phenoxy) is 3. The first kappa shape index (κ1) is 19.2. The van der Waals surface area contributed by atoms with Crippen molar-refractivity contribution in [3.05, 3.63) is 60.4 Å². The maximum absolute atomic E-state index is 12.2. The number of aliphatic hydroxyl groups excluding tert-OH is 1. The summed E-state index contributed by atoms with van der Waals surface area (Å²) in [6, 6.07) is 9.93. The first-order chi connectivity index (χ1) is 12.2. The van der Waals surface area contributed by atoms with Gasteiger partial charge in [0.2, 0.25) is 12.0 Å². The maximum Gasteiger partial charge on any atom is 0.373 e. The van der Waals surface area contributed by atoms with Gasteiger partial charge in [-0.15, -0.1) is 0 Å². The molecule has 1 heterocycles. The highest BCUT2D eigenvalue weighted by Crippen LogP contribution is 2.39. The van der Waals surface area contributed by atoms with E-state index in [-0.39, 0.29) is 30.8 Å². The van der Waals surface area contributed by atoms with Gasteiger partial charge < -0.3 is 19.3 Å². The van der Waals surface area contributed by atoms with Gasteiger partial charge in [-0.2, -0.15) is 0 Å². The van der Waals surface area contributed by atoms with Crippen molar-refractivity contribution >= 4 is 5.97 Å². The molecule has 1 aromatic rings. The molecule has 1 aliphatic heterocycles. The Hall–Kier alpha value is -2.11. The van der Waals surface area contributed by atoms with Gasteiger partial charge in [-0.05, 0) is 31.4 Å². The van der Waals surface area contributed by atoms with Crippen molar-refractivity contribution in [2.24, 2.45) is 5.92 Å².